The second kappa shape index (κ2) is 14.0. The molecule has 1 aliphatic heterocycles. The lowest BCUT2D eigenvalue weighted by molar-refractivity contribution is -0.324. The Morgan fingerprint density at radius 2 is 1.08 bits per heavy atom. The third-order valence-corrected chi connectivity index (χ3v) is 6.01. The van der Waals surface area contributed by atoms with E-state index in [1.165, 1.54) is 0 Å². The maximum Gasteiger partial charge on any atom is 0.187 e. The number of hydrogen-bond donors (Lipinski definition) is 1. The van der Waals surface area contributed by atoms with Crippen molar-refractivity contribution >= 4 is 0 Å². The average molecular weight is 491 g/mol. The fourth-order valence-corrected chi connectivity index (χ4v) is 4.19. The van der Waals surface area contributed by atoms with Crippen LogP contribution in [0.25, 0.3) is 0 Å². The van der Waals surface area contributed by atoms with Crippen LogP contribution in [0.5, 0.6) is 0 Å². The predicted molar refractivity (Wildman–Crippen MR) is 137 cm³/mol. The van der Waals surface area contributed by atoms with Crippen molar-refractivity contribution in [2.24, 2.45) is 0 Å². The summed E-state index contributed by atoms with van der Waals surface area (Å²) in [6.07, 6.45) is -1.50. The highest BCUT2D eigenvalue weighted by Gasteiger charge is 2.48. The molecule has 3 aromatic rings. The summed E-state index contributed by atoms with van der Waals surface area (Å²) in [4.78, 5) is 0. The number of ether oxygens (including phenoxy) is 5. The van der Waals surface area contributed by atoms with Gasteiger partial charge in [-0.05, 0) is 16.7 Å². The van der Waals surface area contributed by atoms with Crippen LogP contribution < -0.4 is 0 Å². The monoisotopic (exact) mass is 490 g/mol. The van der Waals surface area contributed by atoms with E-state index in [0.717, 1.165) is 16.7 Å². The molecule has 3 unspecified atom stereocenters. The van der Waals surface area contributed by atoms with Crippen LogP contribution in [0.1, 0.15) is 16.7 Å². The largest absolute Gasteiger partial charge is 0.394 e. The molecule has 0 aliphatic carbocycles. The van der Waals surface area contributed by atoms with Gasteiger partial charge in [-0.1, -0.05) is 97.1 Å². The standard InChI is InChI=1S/C30H34O6/c1-2-18-32-30-29(35-22-25-16-10-5-11-17-25)28(34-21-24-14-8-4-9-15-24)27(26(19-31)36-30)33-20-23-12-6-3-7-13-23/h2-17,26-31H,1,18-22H2/t26-,27-,28?,29?,30?/m1/s1. The number of benzene rings is 3. The van der Waals surface area contributed by atoms with E-state index in [4.69, 9.17) is 23.7 Å². The lowest BCUT2D eigenvalue weighted by Gasteiger charge is -2.45. The molecule has 3 aromatic carbocycles. The maximum atomic E-state index is 10.2. The normalized spacial score (nSPS) is 23.9. The smallest absolute Gasteiger partial charge is 0.187 e. The van der Waals surface area contributed by atoms with Crippen molar-refractivity contribution in [1.82, 2.24) is 0 Å². The van der Waals surface area contributed by atoms with E-state index in [-0.39, 0.29) is 13.2 Å². The van der Waals surface area contributed by atoms with Crippen molar-refractivity contribution in [1.29, 1.82) is 0 Å². The van der Waals surface area contributed by atoms with Crippen LogP contribution in [0.4, 0.5) is 0 Å². The Kier molecular flexibility index (Phi) is 10.2. The number of aliphatic hydroxyl groups is 1. The molecule has 0 radical (unpaired) electrons. The second-order valence-corrected chi connectivity index (χ2v) is 8.63. The fourth-order valence-electron chi connectivity index (χ4n) is 4.19. The zero-order valence-corrected chi connectivity index (χ0v) is 20.4. The first-order valence-corrected chi connectivity index (χ1v) is 12.2. The molecule has 0 bridgehead atoms. The molecule has 4 rings (SSSR count). The summed E-state index contributed by atoms with van der Waals surface area (Å²) in [5.41, 5.74) is 3.06. The molecule has 1 N–H and O–H groups in total. The first-order chi connectivity index (χ1) is 17.8. The maximum absolute atomic E-state index is 10.2. The van der Waals surface area contributed by atoms with Crippen LogP contribution in [-0.4, -0.2) is 49.0 Å². The highest BCUT2D eigenvalue weighted by atomic mass is 16.7. The molecule has 6 heteroatoms. The van der Waals surface area contributed by atoms with Crippen LogP contribution in [0, 0.1) is 0 Å². The third-order valence-electron chi connectivity index (χ3n) is 6.01. The predicted octanol–water partition coefficient (Wildman–Crippen LogP) is 4.66. The summed E-state index contributed by atoms with van der Waals surface area (Å²) in [6.45, 7) is 4.83. The van der Waals surface area contributed by atoms with Gasteiger partial charge in [0.1, 0.15) is 24.4 Å². The van der Waals surface area contributed by atoms with Gasteiger partial charge in [-0.15, -0.1) is 6.58 Å². The first-order valence-electron chi connectivity index (χ1n) is 12.2. The summed E-state index contributed by atoms with van der Waals surface area (Å²) in [5, 5.41) is 10.2. The van der Waals surface area contributed by atoms with Crippen LogP contribution in [-0.2, 0) is 43.5 Å². The summed E-state index contributed by atoms with van der Waals surface area (Å²) in [5.74, 6) is 0. The van der Waals surface area contributed by atoms with E-state index < -0.39 is 30.7 Å². The van der Waals surface area contributed by atoms with E-state index in [9.17, 15) is 5.11 Å². The second-order valence-electron chi connectivity index (χ2n) is 8.63. The quantitative estimate of drug-likeness (QED) is 0.352. The zero-order valence-electron chi connectivity index (χ0n) is 20.4. The van der Waals surface area contributed by atoms with Gasteiger partial charge in [0.05, 0.1) is 33.0 Å². The van der Waals surface area contributed by atoms with Crippen molar-refractivity contribution in [3.05, 3.63) is 120 Å². The molecule has 1 heterocycles. The van der Waals surface area contributed by atoms with E-state index in [1.807, 2.05) is 91.0 Å². The van der Waals surface area contributed by atoms with Gasteiger partial charge in [0, 0.05) is 0 Å². The minimum absolute atomic E-state index is 0.246. The highest BCUT2D eigenvalue weighted by molar-refractivity contribution is 5.15. The molecule has 5 atom stereocenters. The van der Waals surface area contributed by atoms with Crippen molar-refractivity contribution in [3.8, 4) is 0 Å². The Morgan fingerprint density at radius 1 is 0.639 bits per heavy atom. The Hall–Kier alpha value is -2.84. The summed E-state index contributed by atoms with van der Waals surface area (Å²) < 4.78 is 31.3. The number of rotatable bonds is 13. The molecule has 36 heavy (non-hydrogen) atoms. The average Bonchev–Trinajstić information content (AvgIpc) is 2.94. The molecule has 0 spiro atoms. The van der Waals surface area contributed by atoms with Crippen molar-refractivity contribution in [2.45, 2.75) is 50.5 Å². The molecule has 1 fully saturated rings. The van der Waals surface area contributed by atoms with Gasteiger partial charge in [0.25, 0.3) is 0 Å². The third kappa shape index (κ3) is 7.34. The molecule has 0 saturated carbocycles. The lowest BCUT2D eigenvalue weighted by Crippen LogP contribution is -2.61. The zero-order chi connectivity index (χ0) is 25.0. The molecule has 0 amide bonds. The molecule has 0 aromatic heterocycles. The Bertz CT molecular complexity index is 1010. The van der Waals surface area contributed by atoms with Crippen LogP contribution in [0.15, 0.2) is 104 Å². The van der Waals surface area contributed by atoms with Gasteiger partial charge in [0.15, 0.2) is 6.29 Å². The molecule has 1 aliphatic rings. The summed E-state index contributed by atoms with van der Waals surface area (Å²) in [6, 6.07) is 29.7. The van der Waals surface area contributed by atoms with E-state index >= 15 is 0 Å². The van der Waals surface area contributed by atoms with Crippen LogP contribution >= 0.6 is 0 Å². The van der Waals surface area contributed by atoms with Crippen LogP contribution in [0.3, 0.4) is 0 Å². The minimum atomic E-state index is -0.763. The van der Waals surface area contributed by atoms with E-state index in [2.05, 4.69) is 6.58 Å². The highest BCUT2D eigenvalue weighted by Crippen LogP contribution is 2.31. The van der Waals surface area contributed by atoms with Gasteiger partial charge in [-0.25, -0.2) is 0 Å². The topological polar surface area (TPSA) is 66.4 Å². The van der Waals surface area contributed by atoms with Gasteiger partial charge < -0.3 is 28.8 Å². The molecule has 6 nitrogen and oxygen atoms in total. The van der Waals surface area contributed by atoms with E-state index in [1.54, 1.807) is 6.08 Å². The molecular weight excluding hydrogens is 456 g/mol. The molecular formula is C30H34O6. The summed E-state index contributed by atoms with van der Waals surface area (Å²) >= 11 is 0. The van der Waals surface area contributed by atoms with Crippen LogP contribution in [0.2, 0.25) is 0 Å². The number of aliphatic hydroxyl groups excluding tert-OH is 1. The first kappa shape index (κ1) is 26.2. The Labute approximate surface area is 213 Å². The lowest BCUT2D eigenvalue weighted by atomic mass is 9.98. The van der Waals surface area contributed by atoms with Crippen molar-refractivity contribution < 1.29 is 28.8 Å². The van der Waals surface area contributed by atoms with Gasteiger partial charge in [-0.2, -0.15) is 0 Å². The minimum Gasteiger partial charge on any atom is -0.394 e. The fraction of sp³-hybridized carbons (Fsp3) is 0.333. The SMILES string of the molecule is C=CCOC1O[C@H](CO)[C@@H](OCc2ccccc2)C(OCc2ccccc2)C1OCc1ccccc1. The Morgan fingerprint density at radius 3 is 1.53 bits per heavy atom. The van der Waals surface area contributed by atoms with Gasteiger partial charge in [-0.3, -0.25) is 0 Å². The van der Waals surface area contributed by atoms with Gasteiger partial charge in [0.2, 0.25) is 0 Å². The Balaban J connectivity index is 1.59. The number of hydrogen-bond acceptors (Lipinski definition) is 6. The van der Waals surface area contributed by atoms with Crippen molar-refractivity contribution in [3.63, 3.8) is 0 Å². The van der Waals surface area contributed by atoms with Crippen molar-refractivity contribution in [2.75, 3.05) is 13.2 Å². The van der Waals surface area contributed by atoms with Gasteiger partial charge >= 0.3 is 0 Å². The van der Waals surface area contributed by atoms with E-state index in [0.29, 0.717) is 19.8 Å². The molecule has 190 valence electrons. The summed E-state index contributed by atoms with van der Waals surface area (Å²) in [7, 11) is 0. The molecule has 1 saturated heterocycles.